The first-order valence-corrected chi connectivity index (χ1v) is 14.3. The Kier molecular flexibility index (Phi) is 7.22. The van der Waals surface area contributed by atoms with Crippen LogP contribution in [-0.4, -0.2) is 38.0 Å². The van der Waals surface area contributed by atoms with Crippen LogP contribution in [0.4, 0.5) is 0 Å². The van der Waals surface area contributed by atoms with E-state index in [2.05, 4.69) is 46.4 Å². The molecule has 41 heavy (non-hydrogen) atoms. The van der Waals surface area contributed by atoms with Crippen molar-refractivity contribution in [3.05, 3.63) is 112 Å². The van der Waals surface area contributed by atoms with Crippen LogP contribution in [0, 0.1) is 19.8 Å². The van der Waals surface area contributed by atoms with Gasteiger partial charge in [-0.2, -0.15) is 0 Å². The van der Waals surface area contributed by atoms with E-state index in [0.29, 0.717) is 18.0 Å². The summed E-state index contributed by atoms with van der Waals surface area (Å²) in [7, 11) is 2.01. The van der Waals surface area contributed by atoms with Gasteiger partial charge in [-0.1, -0.05) is 54.6 Å². The summed E-state index contributed by atoms with van der Waals surface area (Å²) in [6.07, 6.45) is 3.59. The third-order valence-electron chi connectivity index (χ3n) is 8.96. The highest BCUT2D eigenvalue weighted by atomic mass is 16.4. The second-order valence-corrected chi connectivity index (χ2v) is 11.4. The number of aromatic nitrogens is 2. The van der Waals surface area contributed by atoms with Crippen molar-refractivity contribution in [1.82, 2.24) is 19.8 Å². The normalized spacial score (nSPS) is 18.1. The lowest BCUT2D eigenvalue weighted by Crippen LogP contribution is -2.33. The molecule has 7 nitrogen and oxygen atoms in total. The number of aromatic carboxylic acids is 1. The number of imidazole rings is 1. The van der Waals surface area contributed by atoms with Crippen LogP contribution in [0.15, 0.2) is 67.0 Å². The Bertz CT molecular complexity index is 1620. The van der Waals surface area contributed by atoms with Gasteiger partial charge in [-0.05, 0) is 77.6 Å². The topological polar surface area (TPSA) is 87.5 Å². The quantitative estimate of drug-likeness (QED) is 0.309. The van der Waals surface area contributed by atoms with Gasteiger partial charge < -0.3 is 15.0 Å². The van der Waals surface area contributed by atoms with Gasteiger partial charge in [0, 0.05) is 44.8 Å². The number of hydrogen-bond acceptors (Lipinski definition) is 4. The molecule has 6 rings (SSSR count). The zero-order valence-corrected chi connectivity index (χ0v) is 23.9. The van der Waals surface area contributed by atoms with Crippen LogP contribution in [0.2, 0.25) is 0 Å². The summed E-state index contributed by atoms with van der Waals surface area (Å²) >= 11 is 0. The Morgan fingerprint density at radius 1 is 1.00 bits per heavy atom. The highest BCUT2D eigenvalue weighted by molar-refractivity contribution is 5.92. The summed E-state index contributed by atoms with van der Waals surface area (Å²) < 4.78 is 2.05. The van der Waals surface area contributed by atoms with Gasteiger partial charge in [-0.25, -0.2) is 9.78 Å². The van der Waals surface area contributed by atoms with E-state index in [1.165, 1.54) is 16.7 Å². The van der Waals surface area contributed by atoms with E-state index >= 15 is 0 Å². The number of carboxylic acid groups (broad SMARTS) is 1. The molecule has 0 radical (unpaired) electrons. The van der Waals surface area contributed by atoms with Crippen molar-refractivity contribution < 1.29 is 14.7 Å². The van der Waals surface area contributed by atoms with Crippen LogP contribution in [0.3, 0.4) is 0 Å². The van der Waals surface area contributed by atoms with E-state index in [4.69, 9.17) is 0 Å². The number of nitrogens with one attached hydrogen (secondary N) is 1. The summed E-state index contributed by atoms with van der Waals surface area (Å²) in [6, 6.07) is 20.0. The molecule has 1 amide bonds. The molecule has 210 valence electrons. The summed E-state index contributed by atoms with van der Waals surface area (Å²) in [5.74, 6) is -0.478. The van der Waals surface area contributed by atoms with Gasteiger partial charge in [0.05, 0.1) is 17.6 Å². The molecule has 0 spiro atoms. The predicted molar refractivity (Wildman–Crippen MR) is 158 cm³/mol. The summed E-state index contributed by atoms with van der Waals surface area (Å²) in [6.45, 7) is 6.85. The van der Waals surface area contributed by atoms with E-state index in [-0.39, 0.29) is 11.8 Å². The van der Waals surface area contributed by atoms with Gasteiger partial charge in [0.15, 0.2) is 0 Å². The molecule has 1 saturated carbocycles. The van der Waals surface area contributed by atoms with Crippen LogP contribution in [0.1, 0.15) is 61.9 Å². The third-order valence-corrected chi connectivity index (χ3v) is 8.96. The zero-order valence-electron chi connectivity index (χ0n) is 23.9. The molecule has 1 aliphatic carbocycles. The molecule has 0 saturated heterocycles. The molecule has 4 aromatic rings. The van der Waals surface area contributed by atoms with Crippen molar-refractivity contribution >= 4 is 11.9 Å². The lowest BCUT2D eigenvalue weighted by molar-refractivity contribution is -0.122. The van der Waals surface area contributed by atoms with Crippen molar-refractivity contribution in [2.75, 3.05) is 6.54 Å². The maximum atomic E-state index is 13.1. The number of carboxylic acids is 1. The third kappa shape index (κ3) is 5.30. The predicted octanol–water partition coefficient (Wildman–Crippen LogP) is 5.38. The maximum absolute atomic E-state index is 13.1. The van der Waals surface area contributed by atoms with Crippen molar-refractivity contribution in [2.45, 2.75) is 52.2 Å². The minimum Gasteiger partial charge on any atom is -0.478 e. The van der Waals surface area contributed by atoms with Crippen molar-refractivity contribution in [1.29, 1.82) is 0 Å². The molecule has 0 bridgehead atoms. The average molecular weight is 549 g/mol. The van der Waals surface area contributed by atoms with Gasteiger partial charge in [-0.15, -0.1) is 0 Å². The number of amides is 1. The Balaban J connectivity index is 1.28. The molecule has 2 atom stereocenters. The van der Waals surface area contributed by atoms with Crippen molar-refractivity contribution in [2.24, 2.45) is 13.0 Å². The molecule has 2 aliphatic rings. The number of aryl methyl sites for hydroxylation is 1. The van der Waals surface area contributed by atoms with Crippen LogP contribution in [0.5, 0.6) is 0 Å². The Morgan fingerprint density at radius 2 is 1.80 bits per heavy atom. The fourth-order valence-electron chi connectivity index (χ4n) is 6.28. The second kappa shape index (κ2) is 11.0. The standard InChI is InChI=1S/C34H36N4O3/c1-21-25(10-7-11-26(21)34(40)41)27-13-12-24(17-35-33(39)30-16-29(30)23-8-5-4-6-9-23)31-18-38(15-14-28(27)31)19-32-22(2)37(3)20-36-32/h4-13,20,29-30H,14-19H2,1-3H3,(H,35,39)(H,40,41). The van der Waals surface area contributed by atoms with Crippen molar-refractivity contribution in [3.8, 4) is 11.1 Å². The molecule has 2 N–H and O–H groups in total. The first-order valence-electron chi connectivity index (χ1n) is 14.3. The van der Waals surface area contributed by atoms with Gasteiger partial charge in [0.1, 0.15) is 0 Å². The van der Waals surface area contributed by atoms with Gasteiger partial charge in [0.25, 0.3) is 0 Å². The molecule has 1 aliphatic heterocycles. The van der Waals surface area contributed by atoms with Crippen molar-refractivity contribution in [3.63, 3.8) is 0 Å². The highest BCUT2D eigenvalue weighted by Gasteiger charge is 2.43. The number of benzene rings is 3. The number of carbonyl (C=O) groups excluding carboxylic acids is 1. The molecule has 2 heterocycles. The van der Waals surface area contributed by atoms with Gasteiger partial charge >= 0.3 is 5.97 Å². The summed E-state index contributed by atoms with van der Waals surface area (Å²) in [4.78, 5) is 32.0. The number of hydrogen-bond donors (Lipinski definition) is 2. The molecule has 1 fully saturated rings. The Hall–Kier alpha value is -4.23. The van der Waals surface area contributed by atoms with Crippen LogP contribution >= 0.6 is 0 Å². The Labute approximate surface area is 240 Å². The fourth-order valence-corrected chi connectivity index (χ4v) is 6.28. The van der Waals surface area contributed by atoms with E-state index in [9.17, 15) is 14.7 Å². The van der Waals surface area contributed by atoms with Crippen LogP contribution in [-0.2, 0) is 37.9 Å². The first kappa shape index (κ1) is 27.0. The minimum atomic E-state index is -0.914. The lowest BCUT2D eigenvalue weighted by Gasteiger charge is -2.32. The van der Waals surface area contributed by atoms with Crippen LogP contribution < -0.4 is 5.32 Å². The van der Waals surface area contributed by atoms with Gasteiger partial charge in [-0.3, -0.25) is 9.69 Å². The van der Waals surface area contributed by atoms with Crippen LogP contribution in [0.25, 0.3) is 11.1 Å². The maximum Gasteiger partial charge on any atom is 0.335 e. The van der Waals surface area contributed by atoms with E-state index in [1.807, 2.05) is 55.2 Å². The highest BCUT2D eigenvalue weighted by Crippen LogP contribution is 2.47. The second-order valence-electron chi connectivity index (χ2n) is 11.4. The molecule has 3 aromatic carbocycles. The largest absolute Gasteiger partial charge is 0.478 e. The fraction of sp³-hybridized carbons (Fsp3) is 0.324. The van der Waals surface area contributed by atoms with Gasteiger partial charge in [0.2, 0.25) is 5.91 Å². The Morgan fingerprint density at radius 3 is 2.54 bits per heavy atom. The molecule has 1 aromatic heterocycles. The zero-order chi connectivity index (χ0) is 28.7. The molecule has 2 unspecified atom stereocenters. The summed E-state index contributed by atoms with van der Waals surface area (Å²) in [5.41, 5.74) is 10.2. The number of fused-ring (bicyclic) bond motifs is 1. The lowest BCUT2D eigenvalue weighted by atomic mass is 9.85. The minimum absolute atomic E-state index is 0.0255. The monoisotopic (exact) mass is 548 g/mol. The average Bonchev–Trinajstić information content (AvgIpc) is 3.73. The molecular weight excluding hydrogens is 512 g/mol. The van der Waals surface area contributed by atoms with E-state index in [0.717, 1.165) is 66.1 Å². The summed E-state index contributed by atoms with van der Waals surface area (Å²) in [5, 5.41) is 13.0. The SMILES string of the molecule is Cc1c(C(=O)O)cccc1-c1ccc(CNC(=O)C2CC2c2ccccc2)c2c1CCN(Cc1ncn(C)c1C)C2. The smallest absolute Gasteiger partial charge is 0.335 e. The number of carbonyl (C=O) groups is 2. The number of nitrogens with zero attached hydrogens (tertiary/aromatic N) is 3. The number of rotatable bonds is 8. The molecular formula is C34H36N4O3. The van der Waals surface area contributed by atoms with E-state index in [1.54, 1.807) is 6.07 Å². The first-order chi connectivity index (χ1) is 19.8. The molecule has 7 heteroatoms. The van der Waals surface area contributed by atoms with E-state index < -0.39 is 5.97 Å².